The maximum Gasteiger partial charge on any atom is 0.309 e. The van der Waals surface area contributed by atoms with E-state index in [1.807, 2.05) is 0 Å². The molecule has 0 aliphatic heterocycles. The van der Waals surface area contributed by atoms with Gasteiger partial charge in [-0.15, -0.1) is 0 Å². The third-order valence-electron chi connectivity index (χ3n) is 2.79. The first-order valence-corrected chi connectivity index (χ1v) is 6.17. The molecule has 3 aromatic heterocycles. The summed E-state index contributed by atoms with van der Waals surface area (Å²) in [5.74, 6) is -0.944. The highest BCUT2D eigenvalue weighted by Crippen LogP contribution is 2.27. The van der Waals surface area contributed by atoms with Crippen molar-refractivity contribution in [2.24, 2.45) is 0 Å². The van der Waals surface area contributed by atoms with E-state index in [2.05, 4.69) is 19.9 Å². The molecule has 100 valence electrons. The Kier molecular flexibility index (Phi) is 3.08. The molecule has 20 heavy (non-hydrogen) atoms. The number of nitrogens with zero attached hydrogens (tertiary/aromatic N) is 3. The minimum atomic E-state index is -0.944. The van der Waals surface area contributed by atoms with E-state index in [0.29, 0.717) is 22.1 Å². The van der Waals surface area contributed by atoms with Crippen molar-refractivity contribution in [3.05, 3.63) is 41.6 Å². The molecule has 7 heteroatoms. The Hall–Kier alpha value is -2.47. The van der Waals surface area contributed by atoms with E-state index in [1.54, 1.807) is 24.7 Å². The number of carbonyl (C=O) groups is 1. The van der Waals surface area contributed by atoms with Crippen LogP contribution in [0.1, 0.15) is 5.69 Å². The average molecular weight is 289 g/mol. The molecule has 0 bridgehead atoms. The smallest absolute Gasteiger partial charge is 0.309 e. The summed E-state index contributed by atoms with van der Waals surface area (Å²) in [4.78, 5) is 26.2. The van der Waals surface area contributed by atoms with Gasteiger partial charge >= 0.3 is 5.97 Å². The number of rotatable bonds is 3. The van der Waals surface area contributed by atoms with E-state index < -0.39 is 5.97 Å². The quantitative estimate of drug-likeness (QED) is 0.771. The molecule has 0 radical (unpaired) electrons. The molecule has 3 rings (SSSR count). The van der Waals surface area contributed by atoms with Crippen molar-refractivity contribution in [1.29, 1.82) is 0 Å². The van der Waals surface area contributed by atoms with Crippen LogP contribution in [0.25, 0.3) is 22.3 Å². The number of hydrogen-bond acceptors (Lipinski definition) is 4. The summed E-state index contributed by atoms with van der Waals surface area (Å²) in [5, 5.41) is 10.1. The number of H-pyrrole nitrogens is 1. The van der Waals surface area contributed by atoms with Crippen LogP contribution >= 0.6 is 11.6 Å². The van der Waals surface area contributed by atoms with Crippen LogP contribution in [0.2, 0.25) is 5.02 Å². The molecule has 0 spiro atoms. The molecule has 0 aromatic carbocycles. The standard InChI is InChI=1S/C13H9ClN4O2/c14-7-1-9-10(5-17-13(9)16-3-7)11-6-15-4-8(18-11)2-12(19)20/h1,3-6H,2H2,(H,16,17)(H,19,20). The molecule has 3 heterocycles. The van der Waals surface area contributed by atoms with Crippen LogP contribution in [-0.2, 0) is 11.2 Å². The van der Waals surface area contributed by atoms with Crippen molar-refractivity contribution in [3.8, 4) is 11.3 Å². The maximum atomic E-state index is 10.7. The minimum absolute atomic E-state index is 0.164. The van der Waals surface area contributed by atoms with Gasteiger partial charge in [-0.25, -0.2) is 9.97 Å². The zero-order chi connectivity index (χ0) is 14.1. The van der Waals surface area contributed by atoms with Gasteiger partial charge in [0.15, 0.2) is 0 Å². The third-order valence-corrected chi connectivity index (χ3v) is 3.00. The van der Waals surface area contributed by atoms with E-state index in [4.69, 9.17) is 16.7 Å². The molecule has 0 amide bonds. The Bertz CT molecular complexity index is 800. The van der Waals surface area contributed by atoms with Gasteiger partial charge in [-0.3, -0.25) is 9.78 Å². The van der Waals surface area contributed by atoms with Crippen LogP contribution in [0.15, 0.2) is 30.9 Å². The molecule has 0 aliphatic carbocycles. The first-order chi connectivity index (χ1) is 9.63. The molecular weight excluding hydrogens is 280 g/mol. The van der Waals surface area contributed by atoms with Crippen molar-refractivity contribution in [2.75, 3.05) is 0 Å². The number of aliphatic carboxylic acids is 1. The van der Waals surface area contributed by atoms with Crippen LogP contribution in [0.4, 0.5) is 0 Å². The lowest BCUT2D eigenvalue weighted by atomic mass is 10.1. The van der Waals surface area contributed by atoms with Crippen LogP contribution < -0.4 is 0 Å². The van der Waals surface area contributed by atoms with E-state index in [9.17, 15) is 4.79 Å². The maximum absolute atomic E-state index is 10.7. The van der Waals surface area contributed by atoms with Gasteiger partial charge < -0.3 is 10.1 Å². The number of aromatic amines is 1. The molecule has 0 unspecified atom stereocenters. The van der Waals surface area contributed by atoms with Crippen LogP contribution in [0.5, 0.6) is 0 Å². The Morgan fingerprint density at radius 2 is 2.20 bits per heavy atom. The fraction of sp³-hybridized carbons (Fsp3) is 0.0769. The topological polar surface area (TPSA) is 91.8 Å². The van der Waals surface area contributed by atoms with Crippen molar-refractivity contribution < 1.29 is 9.90 Å². The number of fused-ring (bicyclic) bond motifs is 1. The molecule has 3 aromatic rings. The summed E-state index contributed by atoms with van der Waals surface area (Å²) in [7, 11) is 0. The van der Waals surface area contributed by atoms with E-state index in [0.717, 1.165) is 10.9 Å². The van der Waals surface area contributed by atoms with Gasteiger partial charge in [-0.1, -0.05) is 11.6 Å². The normalized spacial score (nSPS) is 10.8. The van der Waals surface area contributed by atoms with Gasteiger partial charge in [0, 0.05) is 29.5 Å². The van der Waals surface area contributed by atoms with Crippen LogP contribution in [-0.4, -0.2) is 31.0 Å². The second-order valence-corrected chi connectivity index (χ2v) is 4.65. The number of halogens is 1. The minimum Gasteiger partial charge on any atom is -0.481 e. The first-order valence-electron chi connectivity index (χ1n) is 5.79. The van der Waals surface area contributed by atoms with Crippen LogP contribution in [0.3, 0.4) is 0 Å². The summed E-state index contributed by atoms with van der Waals surface area (Å²) in [6.45, 7) is 0. The monoisotopic (exact) mass is 288 g/mol. The van der Waals surface area contributed by atoms with Gasteiger partial charge in [0.1, 0.15) is 5.65 Å². The summed E-state index contributed by atoms with van der Waals surface area (Å²) < 4.78 is 0. The first kappa shape index (κ1) is 12.6. The number of aromatic nitrogens is 4. The van der Waals surface area contributed by atoms with Gasteiger partial charge in [0.2, 0.25) is 0 Å². The summed E-state index contributed by atoms with van der Waals surface area (Å²) in [6.07, 6.45) is 6.16. The molecule has 0 atom stereocenters. The summed E-state index contributed by atoms with van der Waals surface area (Å²) >= 11 is 5.95. The highest BCUT2D eigenvalue weighted by Gasteiger charge is 2.11. The Morgan fingerprint density at radius 3 is 3.00 bits per heavy atom. The lowest BCUT2D eigenvalue weighted by molar-refractivity contribution is -0.136. The number of nitrogens with one attached hydrogen (secondary N) is 1. The molecule has 0 saturated heterocycles. The predicted molar refractivity (Wildman–Crippen MR) is 73.5 cm³/mol. The lowest BCUT2D eigenvalue weighted by Gasteiger charge is -2.01. The predicted octanol–water partition coefficient (Wildman–Crippen LogP) is 2.30. The van der Waals surface area contributed by atoms with Crippen molar-refractivity contribution in [3.63, 3.8) is 0 Å². The molecule has 2 N–H and O–H groups in total. The SMILES string of the molecule is O=C(O)Cc1cncc(-c2c[nH]c3ncc(Cl)cc23)n1. The fourth-order valence-electron chi connectivity index (χ4n) is 1.97. The summed E-state index contributed by atoms with van der Waals surface area (Å²) in [5.41, 5.74) is 2.46. The van der Waals surface area contributed by atoms with Gasteiger partial charge in [-0.2, -0.15) is 0 Å². The van der Waals surface area contributed by atoms with Crippen molar-refractivity contribution >= 4 is 28.6 Å². The second kappa shape index (κ2) is 4.90. The molecular formula is C13H9ClN4O2. The average Bonchev–Trinajstić information content (AvgIpc) is 2.81. The second-order valence-electron chi connectivity index (χ2n) is 4.22. The Morgan fingerprint density at radius 1 is 1.35 bits per heavy atom. The summed E-state index contributed by atoms with van der Waals surface area (Å²) in [6, 6.07) is 1.78. The Labute approximate surface area is 118 Å². The molecule has 0 saturated carbocycles. The molecule has 0 fully saturated rings. The van der Waals surface area contributed by atoms with E-state index >= 15 is 0 Å². The molecule has 0 aliphatic rings. The third kappa shape index (κ3) is 2.33. The van der Waals surface area contributed by atoms with Gasteiger partial charge in [-0.05, 0) is 6.07 Å². The number of pyridine rings is 1. The van der Waals surface area contributed by atoms with E-state index in [1.165, 1.54) is 6.20 Å². The van der Waals surface area contributed by atoms with Crippen molar-refractivity contribution in [2.45, 2.75) is 6.42 Å². The zero-order valence-corrected chi connectivity index (χ0v) is 10.9. The highest BCUT2D eigenvalue weighted by molar-refractivity contribution is 6.31. The number of carboxylic acids is 1. The van der Waals surface area contributed by atoms with Crippen molar-refractivity contribution in [1.82, 2.24) is 19.9 Å². The molecule has 6 nitrogen and oxygen atoms in total. The number of carboxylic acid groups (broad SMARTS) is 1. The highest BCUT2D eigenvalue weighted by atomic mass is 35.5. The van der Waals surface area contributed by atoms with Gasteiger partial charge in [0.25, 0.3) is 0 Å². The lowest BCUT2D eigenvalue weighted by Crippen LogP contribution is -2.03. The van der Waals surface area contributed by atoms with E-state index in [-0.39, 0.29) is 6.42 Å². The fourth-order valence-corrected chi connectivity index (χ4v) is 2.12. The number of hydrogen-bond donors (Lipinski definition) is 2. The van der Waals surface area contributed by atoms with Crippen LogP contribution in [0, 0.1) is 0 Å². The largest absolute Gasteiger partial charge is 0.481 e. The van der Waals surface area contributed by atoms with Gasteiger partial charge in [0.05, 0.1) is 29.0 Å². The Balaban J connectivity index is 2.11. The zero-order valence-electron chi connectivity index (χ0n) is 10.2.